The van der Waals surface area contributed by atoms with Crippen molar-refractivity contribution in [3.8, 4) is 11.5 Å². The van der Waals surface area contributed by atoms with Gasteiger partial charge < -0.3 is 9.05 Å². The minimum Gasteiger partial charge on any atom is -0.459 e. The molecule has 0 bridgehead atoms. The summed E-state index contributed by atoms with van der Waals surface area (Å²) in [5, 5.41) is -1.43. The van der Waals surface area contributed by atoms with Gasteiger partial charge in [-0.1, -0.05) is 58.5 Å². The average molecular weight is 516 g/mol. The molecular weight excluding hydrogens is 508 g/mol. The fourth-order valence-electron chi connectivity index (χ4n) is 1.48. The minimum absolute atomic E-state index is 0.265. The van der Waals surface area contributed by atoms with Crippen molar-refractivity contribution in [1.29, 1.82) is 0 Å². The van der Waals surface area contributed by atoms with Crippen molar-refractivity contribution in [3.05, 3.63) is 56.5 Å². The van der Waals surface area contributed by atoms with E-state index in [1.165, 1.54) is 0 Å². The van der Waals surface area contributed by atoms with Crippen molar-refractivity contribution in [3.63, 3.8) is 0 Å². The van der Waals surface area contributed by atoms with Crippen LogP contribution < -0.4 is 9.05 Å². The van der Waals surface area contributed by atoms with Crippen LogP contribution in [0.25, 0.3) is 0 Å². The second-order valence-corrected chi connectivity index (χ2v) is 20.6. The van der Waals surface area contributed by atoms with E-state index in [-0.39, 0.29) is 10.0 Å². The molecule has 2 aromatic carbocycles. The van der Waals surface area contributed by atoms with Crippen molar-refractivity contribution >= 4 is 104 Å². The maximum atomic E-state index is 6.15. The second-order valence-electron chi connectivity index (χ2n) is 4.14. The molecular formula is C12H8Cl4O2P2S4. The van der Waals surface area contributed by atoms with E-state index in [2.05, 4.69) is 11.7 Å². The Morgan fingerprint density at radius 1 is 0.958 bits per heavy atom. The highest BCUT2D eigenvalue weighted by atomic mass is 35.5. The van der Waals surface area contributed by atoms with Crippen molar-refractivity contribution < 1.29 is 9.05 Å². The molecule has 2 atom stereocenters. The number of halogens is 4. The standard InChI is InChI=1S/C12H8Cl4O2P2S4/c13-7-3-1-5-9(11(7)15)17-19(21)20(22,24-23)18-10-6-2-4-8(14)12(10)16/h1-6,19,23H. The Morgan fingerprint density at radius 2 is 1.46 bits per heavy atom. The molecule has 12 heteroatoms. The third-order valence-electron chi connectivity index (χ3n) is 2.58. The number of benzene rings is 2. The van der Waals surface area contributed by atoms with Gasteiger partial charge in [0.25, 0.3) is 0 Å². The SMILES string of the molecule is S=[PH](Oc1cccc(Cl)c1Cl)P(=S)(Oc1cccc(Cl)c1Cl)SS. The molecule has 0 heterocycles. The highest BCUT2D eigenvalue weighted by Gasteiger charge is 2.28. The molecule has 0 N–H and O–H groups in total. The molecule has 0 aliphatic carbocycles. The molecule has 0 aliphatic rings. The van der Waals surface area contributed by atoms with Gasteiger partial charge in [0.15, 0.2) is 6.61 Å². The summed E-state index contributed by atoms with van der Waals surface area (Å²) in [5.41, 5.74) is 0. The lowest BCUT2D eigenvalue weighted by molar-refractivity contribution is 0.617. The van der Waals surface area contributed by atoms with Crippen LogP contribution in [0, 0.1) is 0 Å². The zero-order chi connectivity index (χ0) is 17.9. The minimum atomic E-state index is -2.70. The predicted molar refractivity (Wildman–Crippen MR) is 121 cm³/mol. The first kappa shape index (κ1) is 21.5. The maximum absolute atomic E-state index is 6.15. The van der Waals surface area contributed by atoms with Gasteiger partial charge in [-0.25, -0.2) is 0 Å². The fourth-order valence-corrected chi connectivity index (χ4v) is 11.9. The van der Waals surface area contributed by atoms with Gasteiger partial charge in [0.1, 0.15) is 21.5 Å². The van der Waals surface area contributed by atoms with Gasteiger partial charge in [-0.05, 0) is 58.3 Å². The van der Waals surface area contributed by atoms with E-state index in [1.54, 1.807) is 36.4 Å². The Labute approximate surface area is 179 Å². The molecule has 0 saturated heterocycles. The quantitative estimate of drug-likeness (QED) is 0.237. The Morgan fingerprint density at radius 3 is 2.00 bits per heavy atom. The van der Waals surface area contributed by atoms with Crippen molar-refractivity contribution in [1.82, 2.24) is 0 Å². The van der Waals surface area contributed by atoms with Crippen molar-refractivity contribution in [2.24, 2.45) is 0 Å². The third kappa shape index (κ3) is 5.13. The monoisotopic (exact) mass is 514 g/mol. The molecule has 2 aromatic rings. The zero-order valence-corrected chi connectivity index (χ0v) is 19.7. The molecule has 0 radical (unpaired) electrons. The summed E-state index contributed by atoms with van der Waals surface area (Å²) in [4.78, 5) is 0. The fraction of sp³-hybridized carbons (Fsp3) is 0. The first-order chi connectivity index (χ1) is 11.3. The maximum Gasteiger partial charge on any atom is 0.239 e. The lowest BCUT2D eigenvalue weighted by Crippen LogP contribution is -1.90. The normalized spacial score (nSPS) is 14.7. The lowest BCUT2D eigenvalue weighted by Gasteiger charge is -2.23. The molecule has 2 nitrogen and oxygen atoms in total. The van der Waals surface area contributed by atoms with Crippen molar-refractivity contribution in [2.45, 2.75) is 0 Å². The number of thiol groups is 1. The van der Waals surface area contributed by atoms with Crippen LogP contribution in [-0.2, 0) is 23.6 Å². The second kappa shape index (κ2) is 9.41. The van der Waals surface area contributed by atoms with Crippen LogP contribution in [0.3, 0.4) is 0 Å². The molecule has 0 spiro atoms. The number of rotatable bonds is 6. The first-order valence-corrected chi connectivity index (χ1v) is 16.1. The molecule has 0 fully saturated rings. The average Bonchev–Trinajstić information content (AvgIpc) is 2.56. The lowest BCUT2D eigenvalue weighted by atomic mass is 10.3. The molecule has 0 amide bonds. The Balaban J connectivity index is 2.28. The first-order valence-electron chi connectivity index (χ1n) is 6.01. The molecule has 24 heavy (non-hydrogen) atoms. The van der Waals surface area contributed by atoms with Crippen LogP contribution in [0.4, 0.5) is 0 Å². The van der Waals surface area contributed by atoms with E-state index in [0.29, 0.717) is 21.5 Å². The van der Waals surface area contributed by atoms with Crippen LogP contribution >= 0.6 is 80.2 Å². The summed E-state index contributed by atoms with van der Waals surface area (Å²) in [6.07, 6.45) is 0. The number of hydrogen-bond acceptors (Lipinski definition) is 6. The third-order valence-corrected chi connectivity index (χ3v) is 22.2. The van der Waals surface area contributed by atoms with Crippen molar-refractivity contribution in [2.75, 3.05) is 0 Å². The largest absolute Gasteiger partial charge is 0.459 e. The van der Waals surface area contributed by atoms with Crippen LogP contribution in [0.15, 0.2) is 36.4 Å². The summed E-state index contributed by atoms with van der Waals surface area (Å²) < 4.78 is 11.7. The van der Waals surface area contributed by atoms with E-state index in [9.17, 15) is 0 Å². The van der Waals surface area contributed by atoms with Crippen LogP contribution in [0.5, 0.6) is 11.5 Å². The number of hydrogen-bond donors (Lipinski definition) is 1. The molecule has 130 valence electrons. The van der Waals surface area contributed by atoms with Gasteiger partial charge in [0.2, 0.25) is 5.16 Å². The molecule has 0 aromatic heterocycles. The summed E-state index contributed by atoms with van der Waals surface area (Å²) in [5.74, 6) is 0.715. The van der Waals surface area contributed by atoms with Crippen LogP contribution in [0.2, 0.25) is 20.1 Å². The van der Waals surface area contributed by atoms with Gasteiger partial charge in [0.05, 0.1) is 10.0 Å². The smallest absolute Gasteiger partial charge is 0.239 e. The van der Waals surface area contributed by atoms with E-state index in [0.717, 1.165) is 10.4 Å². The topological polar surface area (TPSA) is 18.5 Å². The molecule has 0 saturated carbocycles. The predicted octanol–water partition coefficient (Wildman–Crippen LogP) is 8.15. The highest BCUT2D eigenvalue weighted by Crippen LogP contribution is 2.79. The summed E-state index contributed by atoms with van der Waals surface area (Å²) in [7, 11) is 1.06. The highest BCUT2D eigenvalue weighted by molar-refractivity contribution is 9.10. The van der Waals surface area contributed by atoms with E-state index in [1.807, 2.05) is 0 Å². The van der Waals surface area contributed by atoms with Gasteiger partial charge in [-0.3, -0.25) is 0 Å². The summed E-state index contributed by atoms with van der Waals surface area (Å²) in [6, 6.07) is 10.0. The van der Waals surface area contributed by atoms with Gasteiger partial charge in [-0.2, -0.15) is 0 Å². The zero-order valence-electron chi connectivity index (χ0n) is 11.4. The van der Waals surface area contributed by atoms with Crippen LogP contribution in [-0.4, -0.2) is 0 Å². The Hall–Kier alpha value is 1.20. The van der Waals surface area contributed by atoms with E-state index in [4.69, 9.17) is 79.1 Å². The van der Waals surface area contributed by atoms with Gasteiger partial charge >= 0.3 is 0 Å². The van der Waals surface area contributed by atoms with Gasteiger partial charge in [0, 0.05) is 0 Å². The molecule has 0 aliphatic heterocycles. The Kier molecular flexibility index (Phi) is 8.43. The van der Waals surface area contributed by atoms with E-state index >= 15 is 0 Å². The summed E-state index contributed by atoms with van der Waals surface area (Å²) >= 11 is 39.5. The van der Waals surface area contributed by atoms with Gasteiger partial charge in [-0.15, -0.1) is 11.7 Å². The van der Waals surface area contributed by atoms with E-state index < -0.39 is 11.8 Å². The molecule has 2 unspecified atom stereocenters. The van der Waals surface area contributed by atoms with Crippen LogP contribution in [0.1, 0.15) is 0 Å². The summed E-state index contributed by atoms with van der Waals surface area (Å²) in [6.45, 7) is -2.07. The molecule has 2 rings (SSSR count). The Bertz CT molecular complexity index is 837.